The first-order valence-corrected chi connectivity index (χ1v) is 19.5. The molecule has 0 aliphatic heterocycles. The minimum atomic E-state index is -0.628. The summed E-state index contributed by atoms with van der Waals surface area (Å²) in [6.45, 7) is 0. The van der Waals surface area contributed by atoms with Crippen molar-refractivity contribution in [3.05, 3.63) is 236 Å². The Morgan fingerprint density at radius 3 is 1.73 bits per heavy atom. The molecule has 11 aromatic rings. The molecule has 0 heterocycles. The van der Waals surface area contributed by atoms with Crippen LogP contribution >= 0.6 is 0 Å². The van der Waals surface area contributed by atoms with Crippen molar-refractivity contribution in [1.29, 1.82) is 0 Å². The molecule has 0 saturated heterocycles. The summed E-state index contributed by atoms with van der Waals surface area (Å²) in [5.41, 5.74) is 6.22. The van der Waals surface area contributed by atoms with Gasteiger partial charge in [0, 0.05) is 16.8 Å². The van der Waals surface area contributed by atoms with Crippen LogP contribution in [0.25, 0.3) is 87.6 Å². The van der Waals surface area contributed by atoms with E-state index >= 15 is 0 Å². The van der Waals surface area contributed by atoms with E-state index in [0.717, 1.165) is 60.3 Å². The summed E-state index contributed by atoms with van der Waals surface area (Å²) >= 11 is 0. The number of rotatable bonds is 7. The smallest absolute Gasteiger partial charge is 0.0651 e. The molecule has 0 atom stereocenters. The van der Waals surface area contributed by atoms with Gasteiger partial charge < -0.3 is 4.90 Å². The average Bonchev–Trinajstić information content (AvgIpc) is 3.40. The van der Waals surface area contributed by atoms with Crippen molar-refractivity contribution in [2.75, 3.05) is 4.90 Å². The van der Waals surface area contributed by atoms with Crippen LogP contribution in [0.4, 0.5) is 17.1 Å². The molecular formula is C58H39N. The van der Waals surface area contributed by atoms with E-state index in [1.807, 2.05) is 84.9 Å². The van der Waals surface area contributed by atoms with Gasteiger partial charge in [0.15, 0.2) is 0 Å². The maximum atomic E-state index is 9.93. The Balaban J connectivity index is 1.19. The first kappa shape index (κ1) is 24.8. The Morgan fingerprint density at radius 2 is 0.932 bits per heavy atom. The molecule has 0 aliphatic carbocycles. The number of fused-ring (bicyclic) bond motifs is 5. The highest BCUT2D eigenvalue weighted by Gasteiger charge is 2.20. The highest BCUT2D eigenvalue weighted by molar-refractivity contribution is 6.22. The van der Waals surface area contributed by atoms with Crippen LogP contribution in [-0.2, 0) is 0 Å². The minimum Gasteiger partial charge on any atom is -0.310 e. The molecule has 0 unspecified atom stereocenters. The van der Waals surface area contributed by atoms with Crippen molar-refractivity contribution in [3.63, 3.8) is 0 Å². The SMILES string of the molecule is [2H]c1c([2H])c(-c2cccc3ccccc23)c([2H])c(N(c2ccc(-c3ccc4c(c3)c(-c3ccccc3)c(-c3ccccc3)c3ccccc34)cc2)c2c([2H])c([2H])c([2H])c3c([2H])c([2H])c([2H])c([2H])c23)c1[2H]. The molecule has 0 bridgehead atoms. The Morgan fingerprint density at radius 1 is 0.322 bits per heavy atom. The van der Waals surface area contributed by atoms with Crippen LogP contribution in [0.2, 0.25) is 0 Å². The maximum Gasteiger partial charge on any atom is 0.0651 e. The highest BCUT2D eigenvalue weighted by Crippen LogP contribution is 2.46. The number of anilines is 3. The van der Waals surface area contributed by atoms with E-state index in [-0.39, 0.29) is 45.5 Å². The van der Waals surface area contributed by atoms with Gasteiger partial charge in [0.25, 0.3) is 0 Å². The monoisotopic (exact) mass is 760 g/mol. The molecule has 0 N–H and O–H groups in total. The predicted molar refractivity (Wildman–Crippen MR) is 253 cm³/mol. The molecule has 1 heteroatoms. The molecule has 0 saturated carbocycles. The van der Waals surface area contributed by atoms with E-state index in [9.17, 15) is 8.22 Å². The normalized spacial score (nSPS) is 14.0. The molecule has 0 fully saturated rings. The summed E-state index contributed by atoms with van der Waals surface area (Å²) < 4.78 is 101. The lowest BCUT2D eigenvalue weighted by Gasteiger charge is -2.27. The zero-order valence-electron chi connectivity index (χ0n) is 42.6. The van der Waals surface area contributed by atoms with Crippen LogP contribution in [0.15, 0.2) is 236 Å². The Labute approximate surface area is 360 Å². The lowest BCUT2D eigenvalue weighted by atomic mass is 9.84. The molecule has 59 heavy (non-hydrogen) atoms. The molecule has 0 radical (unpaired) electrons. The third kappa shape index (κ3) is 6.12. The van der Waals surface area contributed by atoms with Crippen molar-refractivity contribution in [2.45, 2.75) is 0 Å². The largest absolute Gasteiger partial charge is 0.310 e. The molecule has 0 spiro atoms. The van der Waals surface area contributed by atoms with Crippen LogP contribution in [0.1, 0.15) is 15.1 Å². The lowest BCUT2D eigenvalue weighted by Crippen LogP contribution is -2.10. The molecule has 0 aromatic heterocycles. The fourth-order valence-corrected chi connectivity index (χ4v) is 8.34. The second-order valence-corrected chi connectivity index (χ2v) is 14.4. The summed E-state index contributed by atoms with van der Waals surface area (Å²) in [4.78, 5) is 1.33. The van der Waals surface area contributed by atoms with Crippen LogP contribution < -0.4 is 4.90 Å². The van der Waals surface area contributed by atoms with Crippen molar-refractivity contribution >= 4 is 60.2 Å². The second kappa shape index (κ2) is 14.6. The van der Waals surface area contributed by atoms with Crippen LogP contribution in [0.5, 0.6) is 0 Å². The number of nitrogens with zero attached hydrogens (tertiary/aromatic N) is 1. The van der Waals surface area contributed by atoms with Crippen molar-refractivity contribution < 1.29 is 15.1 Å². The molecule has 276 valence electrons. The third-order valence-corrected chi connectivity index (χ3v) is 11.0. The van der Waals surface area contributed by atoms with Gasteiger partial charge >= 0.3 is 0 Å². The standard InChI is InChI=1S/C58H39N/c1-3-18-43(19-4-1)57-54-29-12-11-28-52(54)53-37-34-45(39-55(53)58(57)44-20-5-2-6-21-44)40-32-35-47(36-33-40)59(56-31-15-23-42-17-8-10-27-51(42)56)48-25-13-24-46(38-48)50-30-14-22-41-16-7-9-26-49(41)50/h1-39H/i8D,10D,13D,15D,17D,23D,24D,25D,27D,31D,38D. The van der Waals surface area contributed by atoms with Gasteiger partial charge in [-0.05, 0) is 119 Å². The Hall–Kier alpha value is -7.74. The number of hydrogen-bond acceptors (Lipinski definition) is 1. The Kier molecular flexibility index (Phi) is 6.15. The van der Waals surface area contributed by atoms with E-state index < -0.39 is 54.4 Å². The number of hydrogen-bond donors (Lipinski definition) is 0. The first-order valence-electron chi connectivity index (χ1n) is 25.0. The first-order chi connectivity index (χ1) is 33.9. The number of benzene rings is 11. The van der Waals surface area contributed by atoms with Crippen molar-refractivity contribution in [3.8, 4) is 44.5 Å². The van der Waals surface area contributed by atoms with Gasteiger partial charge in [0.2, 0.25) is 0 Å². The van der Waals surface area contributed by atoms with Crippen LogP contribution in [0.3, 0.4) is 0 Å². The quantitative estimate of drug-likeness (QED) is 0.146. The summed E-state index contributed by atoms with van der Waals surface area (Å²) in [6.07, 6.45) is 0. The fourth-order valence-electron chi connectivity index (χ4n) is 8.34. The molecule has 11 rings (SSSR count). The van der Waals surface area contributed by atoms with Crippen molar-refractivity contribution in [2.24, 2.45) is 0 Å². The summed E-state index contributed by atoms with van der Waals surface area (Å²) in [7, 11) is 0. The lowest BCUT2D eigenvalue weighted by molar-refractivity contribution is 1.30. The topological polar surface area (TPSA) is 3.24 Å². The van der Waals surface area contributed by atoms with Gasteiger partial charge in [-0.25, -0.2) is 0 Å². The molecule has 11 aromatic carbocycles. The van der Waals surface area contributed by atoms with Gasteiger partial charge in [-0.3, -0.25) is 0 Å². The highest BCUT2D eigenvalue weighted by atomic mass is 15.1. The zero-order valence-corrected chi connectivity index (χ0v) is 31.6. The zero-order chi connectivity index (χ0) is 48.7. The minimum absolute atomic E-state index is 0.0446. The molecule has 0 aliphatic rings. The van der Waals surface area contributed by atoms with E-state index in [1.54, 1.807) is 24.3 Å². The third-order valence-electron chi connectivity index (χ3n) is 11.0. The molecule has 0 amide bonds. The van der Waals surface area contributed by atoms with Crippen molar-refractivity contribution in [1.82, 2.24) is 0 Å². The van der Waals surface area contributed by atoms with Crippen LogP contribution in [-0.4, -0.2) is 0 Å². The Bertz CT molecular complexity index is 3940. The fraction of sp³-hybridized carbons (Fsp3) is 0. The van der Waals surface area contributed by atoms with Gasteiger partial charge in [-0.15, -0.1) is 0 Å². The van der Waals surface area contributed by atoms with E-state index in [4.69, 9.17) is 6.85 Å². The summed E-state index contributed by atoms with van der Waals surface area (Å²) in [6, 6.07) is 49.6. The van der Waals surface area contributed by atoms with Gasteiger partial charge in [0.05, 0.1) is 20.8 Å². The molecular weight excluding hydrogens is 711 g/mol. The summed E-state index contributed by atoms with van der Waals surface area (Å²) in [5, 5.41) is 5.30. The average molecular weight is 761 g/mol. The maximum absolute atomic E-state index is 9.93. The van der Waals surface area contributed by atoms with Gasteiger partial charge in [0.1, 0.15) is 0 Å². The van der Waals surface area contributed by atoms with E-state index in [1.165, 1.54) is 4.90 Å². The summed E-state index contributed by atoms with van der Waals surface area (Å²) in [5.74, 6) is 0. The van der Waals surface area contributed by atoms with Crippen LogP contribution in [0, 0.1) is 0 Å². The molecule has 1 nitrogen and oxygen atoms in total. The van der Waals surface area contributed by atoms with Gasteiger partial charge in [-0.2, -0.15) is 0 Å². The van der Waals surface area contributed by atoms with Gasteiger partial charge in [-0.1, -0.05) is 200 Å². The van der Waals surface area contributed by atoms with E-state index in [2.05, 4.69) is 60.7 Å². The van der Waals surface area contributed by atoms with E-state index in [0.29, 0.717) is 10.9 Å². The predicted octanol–water partition coefficient (Wildman–Crippen LogP) is 16.4. The second-order valence-electron chi connectivity index (χ2n) is 14.4.